The molecule has 4 nitrogen and oxygen atoms in total. The van der Waals surface area contributed by atoms with Gasteiger partial charge in [-0.15, -0.1) is 0 Å². The van der Waals surface area contributed by atoms with E-state index < -0.39 is 0 Å². The number of halogens is 1. The van der Waals surface area contributed by atoms with Crippen molar-refractivity contribution in [3.8, 4) is 0 Å². The summed E-state index contributed by atoms with van der Waals surface area (Å²) in [5.41, 5.74) is 0.672. The molecule has 0 saturated heterocycles. The lowest BCUT2D eigenvalue weighted by Gasteiger charge is -2.34. The second-order valence-corrected chi connectivity index (χ2v) is 6.11. The number of hydrogen-bond donors (Lipinski definition) is 0. The van der Waals surface area contributed by atoms with Crippen molar-refractivity contribution in [3.05, 3.63) is 17.3 Å². The highest BCUT2D eigenvalue weighted by atomic mass is 79.9. The Morgan fingerprint density at radius 3 is 2.61 bits per heavy atom. The Bertz CT molecular complexity index is 444. The first kappa shape index (κ1) is 13.6. The minimum absolute atomic E-state index is 0.0653. The van der Waals surface area contributed by atoms with Gasteiger partial charge < -0.3 is 9.32 Å². The van der Waals surface area contributed by atoms with E-state index in [1.807, 2.05) is 14.0 Å². The third-order valence-corrected chi connectivity index (χ3v) is 4.63. The van der Waals surface area contributed by atoms with E-state index in [0.717, 1.165) is 12.8 Å². The highest BCUT2D eigenvalue weighted by Gasteiger charge is 2.31. The van der Waals surface area contributed by atoms with Crippen molar-refractivity contribution in [3.63, 3.8) is 0 Å². The topological polar surface area (TPSA) is 46.3 Å². The summed E-state index contributed by atoms with van der Waals surface area (Å²) in [5, 5.41) is 0. The van der Waals surface area contributed by atoms with Gasteiger partial charge >= 0.3 is 0 Å². The maximum atomic E-state index is 12.4. The molecule has 1 aromatic rings. The number of carbonyl (C=O) groups excluding carboxylic acids is 1. The van der Waals surface area contributed by atoms with E-state index in [2.05, 4.69) is 20.9 Å². The van der Waals surface area contributed by atoms with Crippen molar-refractivity contribution >= 4 is 21.8 Å². The number of amides is 1. The highest BCUT2D eigenvalue weighted by Crippen LogP contribution is 2.29. The Morgan fingerprint density at radius 2 is 2.06 bits per heavy atom. The van der Waals surface area contributed by atoms with E-state index in [0.29, 0.717) is 22.2 Å². The summed E-state index contributed by atoms with van der Waals surface area (Å²) in [7, 11) is 1.85. The average molecular weight is 315 g/mol. The second-order valence-electron chi connectivity index (χ2n) is 4.93. The first-order valence-electron chi connectivity index (χ1n) is 6.36. The molecular weight excluding hydrogens is 296 g/mol. The second kappa shape index (κ2) is 5.43. The molecule has 5 heteroatoms. The molecule has 1 aromatic heterocycles. The van der Waals surface area contributed by atoms with Crippen molar-refractivity contribution in [2.75, 3.05) is 7.05 Å². The largest absolute Gasteiger partial charge is 0.436 e. The summed E-state index contributed by atoms with van der Waals surface area (Å²) in [6, 6.07) is 0.246. The lowest BCUT2D eigenvalue weighted by molar-refractivity contribution is 0.0670. The van der Waals surface area contributed by atoms with Crippen LogP contribution in [0.15, 0.2) is 4.42 Å². The predicted octanol–water partition coefficient (Wildman–Crippen LogP) is 3.07. The van der Waals surface area contributed by atoms with Gasteiger partial charge in [-0.05, 0) is 19.8 Å². The summed E-state index contributed by atoms with van der Waals surface area (Å²) in [5.74, 6) is 0.855. The van der Waals surface area contributed by atoms with Gasteiger partial charge in [0.1, 0.15) is 0 Å². The molecule has 1 heterocycles. The third-order valence-electron chi connectivity index (χ3n) is 3.56. The van der Waals surface area contributed by atoms with Crippen LogP contribution in [0.5, 0.6) is 0 Å². The maximum Gasteiger partial charge on any atom is 0.291 e. The zero-order valence-corrected chi connectivity index (χ0v) is 12.7. The summed E-state index contributed by atoms with van der Waals surface area (Å²) in [4.78, 5) is 18.7. The van der Waals surface area contributed by atoms with Gasteiger partial charge in [0.25, 0.3) is 5.91 Å². The van der Waals surface area contributed by atoms with Crippen LogP contribution in [0.25, 0.3) is 0 Å². The molecule has 0 radical (unpaired) electrons. The van der Waals surface area contributed by atoms with Crippen LogP contribution in [-0.2, 0) is 0 Å². The molecule has 0 aliphatic heterocycles. The van der Waals surface area contributed by atoms with Gasteiger partial charge in [0.2, 0.25) is 5.76 Å². The fourth-order valence-electron chi connectivity index (χ4n) is 2.54. The van der Waals surface area contributed by atoms with Crippen LogP contribution in [0, 0.1) is 13.8 Å². The molecule has 18 heavy (non-hydrogen) atoms. The molecule has 0 bridgehead atoms. The number of nitrogens with zero attached hydrogens (tertiary/aromatic N) is 2. The van der Waals surface area contributed by atoms with Gasteiger partial charge in [-0.3, -0.25) is 4.79 Å². The first-order chi connectivity index (χ1) is 8.50. The van der Waals surface area contributed by atoms with E-state index in [-0.39, 0.29) is 11.9 Å². The molecule has 1 aliphatic rings. The number of aryl methyl sites for hydroxylation is 2. The van der Waals surface area contributed by atoms with Gasteiger partial charge in [0.05, 0.1) is 5.69 Å². The number of oxazole rings is 1. The smallest absolute Gasteiger partial charge is 0.291 e. The number of carbonyl (C=O) groups is 1. The van der Waals surface area contributed by atoms with Crippen molar-refractivity contribution in [1.82, 2.24) is 9.88 Å². The minimum atomic E-state index is -0.0653. The SMILES string of the molecule is Cc1nc(C)c(C(=O)N(C)C2CCCCC2Br)o1. The van der Waals surface area contributed by atoms with Crippen LogP contribution >= 0.6 is 15.9 Å². The van der Waals surface area contributed by atoms with Gasteiger partial charge in [-0.2, -0.15) is 0 Å². The third kappa shape index (κ3) is 2.60. The van der Waals surface area contributed by atoms with E-state index in [9.17, 15) is 4.79 Å². The summed E-state index contributed by atoms with van der Waals surface area (Å²) < 4.78 is 5.41. The minimum Gasteiger partial charge on any atom is -0.436 e. The van der Waals surface area contributed by atoms with E-state index in [1.54, 1.807) is 11.8 Å². The van der Waals surface area contributed by atoms with Crippen molar-refractivity contribution in [2.24, 2.45) is 0 Å². The number of hydrogen-bond acceptors (Lipinski definition) is 3. The molecule has 1 amide bonds. The van der Waals surface area contributed by atoms with Gasteiger partial charge in [-0.1, -0.05) is 28.8 Å². The van der Waals surface area contributed by atoms with Crippen molar-refractivity contribution in [1.29, 1.82) is 0 Å². The molecule has 2 unspecified atom stereocenters. The molecule has 1 fully saturated rings. The predicted molar refractivity (Wildman–Crippen MR) is 73.0 cm³/mol. The quantitative estimate of drug-likeness (QED) is 0.788. The highest BCUT2D eigenvalue weighted by molar-refractivity contribution is 9.09. The molecule has 1 aliphatic carbocycles. The Balaban J connectivity index is 2.15. The van der Waals surface area contributed by atoms with Gasteiger partial charge in [0.15, 0.2) is 5.89 Å². The lowest BCUT2D eigenvalue weighted by atomic mass is 9.94. The number of aromatic nitrogens is 1. The molecule has 0 spiro atoms. The number of alkyl halides is 1. The lowest BCUT2D eigenvalue weighted by Crippen LogP contribution is -2.44. The van der Waals surface area contributed by atoms with Crippen LogP contribution in [0.1, 0.15) is 47.8 Å². The van der Waals surface area contributed by atoms with Crippen LogP contribution < -0.4 is 0 Å². The Morgan fingerprint density at radius 1 is 1.39 bits per heavy atom. The van der Waals surface area contributed by atoms with Crippen LogP contribution in [-0.4, -0.2) is 33.7 Å². The normalized spacial score (nSPS) is 24.0. The van der Waals surface area contributed by atoms with Crippen LogP contribution in [0.4, 0.5) is 0 Å². The zero-order chi connectivity index (χ0) is 13.3. The monoisotopic (exact) mass is 314 g/mol. The van der Waals surface area contributed by atoms with Gasteiger partial charge in [0, 0.05) is 24.8 Å². The van der Waals surface area contributed by atoms with E-state index in [1.165, 1.54) is 12.8 Å². The summed E-state index contributed by atoms with van der Waals surface area (Å²) in [6.07, 6.45) is 4.58. The number of rotatable bonds is 2. The zero-order valence-electron chi connectivity index (χ0n) is 11.1. The Kier molecular flexibility index (Phi) is 4.10. The maximum absolute atomic E-state index is 12.4. The van der Waals surface area contributed by atoms with E-state index >= 15 is 0 Å². The Hall–Kier alpha value is -0.840. The van der Waals surface area contributed by atoms with E-state index in [4.69, 9.17) is 4.42 Å². The standard InChI is InChI=1S/C13H19BrN2O2/c1-8-12(18-9(2)15-8)13(17)16(3)11-7-5-4-6-10(11)14/h10-11H,4-7H2,1-3H3. The summed E-state index contributed by atoms with van der Waals surface area (Å²) in [6.45, 7) is 3.57. The van der Waals surface area contributed by atoms with Crippen LogP contribution in [0.3, 0.4) is 0 Å². The fourth-order valence-corrected chi connectivity index (χ4v) is 3.49. The molecule has 2 rings (SSSR count). The van der Waals surface area contributed by atoms with Crippen molar-refractivity contribution in [2.45, 2.75) is 50.4 Å². The van der Waals surface area contributed by atoms with Crippen LogP contribution in [0.2, 0.25) is 0 Å². The molecular formula is C13H19BrN2O2. The molecule has 0 N–H and O–H groups in total. The molecule has 1 saturated carbocycles. The average Bonchev–Trinajstić information content (AvgIpc) is 2.67. The molecule has 0 aromatic carbocycles. The fraction of sp³-hybridized carbons (Fsp3) is 0.692. The summed E-state index contributed by atoms with van der Waals surface area (Å²) >= 11 is 3.68. The first-order valence-corrected chi connectivity index (χ1v) is 7.27. The Labute approximate surface area is 116 Å². The molecule has 100 valence electrons. The molecule has 2 atom stereocenters. The van der Waals surface area contributed by atoms with Crippen molar-refractivity contribution < 1.29 is 9.21 Å². The van der Waals surface area contributed by atoms with Gasteiger partial charge in [-0.25, -0.2) is 4.98 Å².